The van der Waals surface area contributed by atoms with Crippen molar-refractivity contribution in [1.29, 1.82) is 0 Å². The average molecular weight is 324 g/mol. The molecular weight excluding hydrogens is 305 g/mol. The van der Waals surface area contributed by atoms with E-state index in [1.54, 1.807) is 0 Å². The summed E-state index contributed by atoms with van der Waals surface area (Å²) in [5.74, 6) is 0.881. The molecule has 0 spiro atoms. The van der Waals surface area contributed by atoms with E-state index in [4.69, 9.17) is 33.7 Å². The minimum atomic E-state index is 0.358. The van der Waals surface area contributed by atoms with E-state index in [1.807, 2.05) is 32.0 Å². The van der Waals surface area contributed by atoms with Crippen molar-refractivity contribution in [1.82, 2.24) is 0 Å². The maximum Gasteiger partial charge on any atom is 0.125 e. The lowest BCUT2D eigenvalue weighted by Crippen LogP contribution is -2.05. The van der Waals surface area contributed by atoms with Crippen LogP contribution in [-0.2, 0) is 13.0 Å². The number of nitrogens with two attached hydrogens (primary N) is 1. The zero-order chi connectivity index (χ0) is 15.4. The summed E-state index contributed by atoms with van der Waals surface area (Å²) < 4.78 is 5.95. The van der Waals surface area contributed by atoms with Crippen molar-refractivity contribution in [2.75, 3.05) is 6.54 Å². The van der Waals surface area contributed by atoms with E-state index in [2.05, 4.69) is 12.1 Å². The number of aryl methyl sites for hydroxylation is 2. The molecule has 0 unspecified atom stereocenters. The Kier molecular flexibility index (Phi) is 5.51. The molecule has 0 radical (unpaired) electrons. The molecule has 0 saturated carbocycles. The van der Waals surface area contributed by atoms with Gasteiger partial charge in [-0.3, -0.25) is 0 Å². The van der Waals surface area contributed by atoms with Crippen molar-refractivity contribution < 1.29 is 4.74 Å². The molecule has 2 nitrogen and oxygen atoms in total. The lowest BCUT2D eigenvalue weighted by Gasteiger charge is -2.15. The van der Waals surface area contributed by atoms with Gasteiger partial charge < -0.3 is 10.5 Å². The first kappa shape index (κ1) is 16.2. The van der Waals surface area contributed by atoms with Gasteiger partial charge in [0, 0.05) is 15.6 Å². The van der Waals surface area contributed by atoms with Crippen LogP contribution in [0.3, 0.4) is 0 Å². The van der Waals surface area contributed by atoms with Gasteiger partial charge in [-0.2, -0.15) is 0 Å². The van der Waals surface area contributed by atoms with Crippen LogP contribution in [0.25, 0.3) is 0 Å². The molecule has 21 heavy (non-hydrogen) atoms. The topological polar surface area (TPSA) is 35.2 Å². The van der Waals surface area contributed by atoms with Crippen molar-refractivity contribution >= 4 is 23.2 Å². The monoisotopic (exact) mass is 323 g/mol. The molecule has 2 aromatic rings. The SMILES string of the molecule is Cc1cc(CCN)cc(C)c1OCc1c(Cl)cccc1Cl. The van der Waals surface area contributed by atoms with Crippen LogP contribution >= 0.6 is 23.2 Å². The van der Waals surface area contributed by atoms with Gasteiger partial charge in [-0.05, 0) is 55.6 Å². The molecule has 0 bridgehead atoms. The van der Waals surface area contributed by atoms with E-state index in [-0.39, 0.29) is 0 Å². The summed E-state index contributed by atoms with van der Waals surface area (Å²) in [6.07, 6.45) is 0.873. The number of halogens is 2. The van der Waals surface area contributed by atoms with E-state index in [9.17, 15) is 0 Å². The van der Waals surface area contributed by atoms with E-state index in [0.717, 1.165) is 28.9 Å². The summed E-state index contributed by atoms with van der Waals surface area (Å²) in [5, 5.41) is 1.25. The van der Waals surface area contributed by atoms with Crippen molar-refractivity contribution in [3.63, 3.8) is 0 Å². The van der Waals surface area contributed by atoms with Crippen molar-refractivity contribution in [3.8, 4) is 5.75 Å². The maximum atomic E-state index is 6.16. The molecular formula is C17H19Cl2NO. The predicted octanol–water partition coefficient (Wildman–Crippen LogP) is 4.69. The second-order valence-corrected chi connectivity index (χ2v) is 5.90. The lowest BCUT2D eigenvalue weighted by molar-refractivity contribution is 0.302. The Morgan fingerprint density at radius 2 is 1.62 bits per heavy atom. The second-order valence-electron chi connectivity index (χ2n) is 5.09. The predicted molar refractivity (Wildman–Crippen MR) is 89.5 cm³/mol. The lowest BCUT2D eigenvalue weighted by atomic mass is 10.0. The van der Waals surface area contributed by atoms with Gasteiger partial charge in [0.1, 0.15) is 12.4 Å². The van der Waals surface area contributed by atoms with Gasteiger partial charge >= 0.3 is 0 Å². The number of hydrogen-bond donors (Lipinski definition) is 1. The van der Waals surface area contributed by atoms with Gasteiger partial charge in [0.05, 0.1) is 0 Å². The summed E-state index contributed by atoms with van der Waals surface area (Å²) >= 11 is 12.3. The van der Waals surface area contributed by atoms with Crippen LogP contribution in [0.1, 0.15) is 22.3 Å². The van der Waals surface area contributed by atoms with Gasteiger partial charge in [0.15, 0.2) is 0 Å². The molecule has 112 valence electrons. The zero-order valence-corrected chi connectivity index (χ0v) is 13.8. The maximum absolute atomic E-state index is 6.16. The van der Waals surface area contributed by atoms with Gasteiger partial charge in [-0.25, -0.2) is 0 Å². The minimum absolute atomic E-state index is 0.358. The highest BCUT2D eigenvalue weighted by atomic mass is 35.5. The first-order valence-corrected chi connectivity index (χ1v) is 7.64. The molecule has 0 aliphatic rings. The van der Waals surface area contributed by atoms with Crippen molar-refractivity contribution in [2.24, 2.45) is 5.73 Å². The molecule has 0 amide bonds. The average Bonchev–Trinajstić information content (AvgIpc) is 2.41. The van der Waals surface area contributed by atoms with E-state index in [1.165, 1.54) is 5.56 Å². The molecule has 0 saturated heterocycles. The first-order chi connectivity index (χ1) is 10.0. The molecule has 0 aliphatic heterocycles. The van der Waals surface area contributed by atoms with Gasteiger partial charge in [-0.1, -0.05) is 41.4 Å². The highest BCUT2D eigenvalue weighted by Gasteiger charge is 2.10. The largest absolute Gasteiger partial charge is 0.488 e. The van der Waals surface area contributed by atoms with Crippen molar-refractivity contribution in [3.05, 3.63) is 62.6 Å². The Balaban J connectivity index is 2.21. The van der Waals surface area contributed by atoms with E-state index < -0.39 is 0 Å². The number of benzene rings is 2. The molecule has 0 atom stereocenters. The van der Waals surface area contributed by atoms with Crippen LogP contribution in [-0.4, -0.2) is 6.54 Å². The Morgan fingerprint density at radius 1 is 1.05 bits per heavy atom. The fraction of sp³-hybridized carbons (Fsp3) is 0.294. The Bertz CT molecular complexity index is 597. The molecule has 0 aromatic heterocycles. The van der Waals surface area contributed by atoms with Crippen LogP contribution in [0.15, 0.2) is 30.3 Å². The Morgan fingerprint density at radius 3 is 2.14 bits per heavy atom. The summed E-state index contributed by atoms with van der Waals surface area (Å²) in [5.41, 5.74) is 9.85. The molecule has 4 heteroatoms. The van der Waals surface area contributed by atoms with Gasteiger partial charge in [0.25, 0.3) is 0 Å². The van der Waals surface area contributed by atoms with Crippen LogP contribution in [0.5, 0.6) is 5.75 Å². The number of hydrogen-bond acceptors (Lipinski definition) is 2. The molecule has 0 aliphatic carbocycles. The van der Waals surface area contributed by atoms with Crippen LogP contribution in [0.4, 0.5) is 0 Å². The summed E-state index contributed by atoms with van der Waals surface area (Å²) in [6.45, 7) is 5.08. The fourth-order valence-electron chi connectivity index (χ4n) is 2.39. The van der Waals surface area contributed by atoms with Gasteiger partial charge in [-0.15, -0.1) is 0 Å². The smallest absolute Gasteiger partial charge is 0.125 e. The summed E-state index contributed by atoms with van der Waals surface area (Å²) in [4.78, 5) is 0. The second kappa shape index (κ2) is 7.17. The zero-order valence-electron chi connectivity index (χ0n) is 12.2. The minimum Gasteiger partial charge on any atom is -0.488 e. The van der Waals surface area contributed by atoms with Crippen LogP contribution in [0, 0.1) is 13.8 Å². The molecule has 0 heterocycles. The van der Waals surface area contributed by atoms with E-state index in [0.29, 0.717) is 23.2 Å². The van der Waals surface area contributed by atoms with Crippen LogP contribution in [0.2, 0.25) is 10.0 Å². The fourth-order valence-corrected chi connectivity index (χ4v) is 2.90. The first-order valence-electron chi connectivity index (χ1n) is 6.88. The Labute approximate surface area is 135 Å². The third-order valence-corrected chi connectivity index (χ3v) is 4.08. The standard InChI is InChI=1S/C17H19Cl2NO/c1-11-8-13(6-7-20)9-12(2)17(11)21-10-14-15(18)4-3-5-16(14)19/h3-5,8-9H,6-7,10,20H2,1-2H3. The highest BCUT2D eigenvalue weighted by molar-refractivity contribution is 6.35. The summed E-state index contributed by atoms with van der Waals surface area (Å²) in [7, 11) is 0. The highest BCUT2D eigenvalue weighted by Crippen LogP contribution is 2.29. The third-order valence-electron chi connectivity index (χ3n) is 3.38. The van der Waals surface area contributed by atoms with Crippen LogP contribution < -0.4 is 10.5 Å². The normalized spacial score (nSPS) is 10.7. The van der Waals surface area contributed by atoms with E-state index >= 15 is 0 Å². The van der Waals surface area contributed by atoms with Gasteiger partial charge in [0.2, 0.25) is 0 Å². The van der Waals surface area contributed by atoms with Crippen molar-refractivity contribution in [2.45, 2.75) is 26.9 Å². The molecule has 2 N–H and O–H groups in total. The Hall–Kier alpha value is -1.22. The molecule has 2 aromatic carbocycles. The summed E-state index contributed by atoms with van der Waals surface area (Å²) in [6, 6.07) is 9.69. The number of ether oxygens (including phenoxy) is 1. The third kappa shape index (κ3) is 3.91. The molecule has 0 fully saturated rings. The molecule has 2 rings (SSSR count). The number of rotatable bonds is 5. The quantitative estimate of drug-likeness (QED) is 0.866.